The molecule has 17 heavy (non-hydrogen) atoms. The highest BCUT2D eigenvalue weighted by atomic mass is 16.5. The van der Waals surface area contributed by atoms with Crippen LogP contribution in [0.25, 0.3) is 0 Å². The molecule has 2 saturated carbocycles. The first-order valence-electron chi connectivity index (χ1n) is 6.90. The number of ether oxygens (including phenoxy) is 1. The van der Waals surface area contributed by atoms with Gasteiger partial charge in [-0.3, -0.25) is 0 Å². The Morgan fingerprint density at radius 3 is 2.47 bits per heavy atom. The predicted molar refractivity (Wildman–Crippen MR) is 65.9 cm³/mol. The summed E-state index contributed by atoms with van der Waals surface area (Å²) in [6.45, 7) is 1.11. The average molecular weight is 243 g/mol. The van der Waals surface area contributed by atoms with Gasteiger partial charge in [0.25, 0.3) is 0 Å². The third kappa shape index (κ3) is 3.65. The van der Waals surface area contributed by atoms with Crippen molar-refractivity contribution in [3.63, 3.8) is 0 Å². The van der Waals surface area contributed by atoms with E-state index in [-0.39, 0.29) is 12.1 Å². The molecule has 0 heterocycles. The number of rotatable bonds is 7. The van der Waals surface area contributed by atoms with E-state index in [1.54, 1.807) is 0 Å². The first-order valence-corrected chi connectivity index (χ1v) is 6.90. The van der Waals surface area contributed by atoms with Crippen LogP contribution in [0.4, 0.5) is 0 Å². The highest BCUT2D eigenvalue weighted by molar-refractivity contribution is 4.95. The predicted octanol–water partition coefficient (Wildman–Crippen LogP) is 0.811. The molecule has 0 amide bonds. The fourth-order valence-electron chi connectivity index (χ4n) is 2.69. The zero-order valence-corrected chi connectivity index (χ0v) is 10.5. The molecule has 3 N–H and O–H groups in total. The van der Waals surface area contributed by atoms with Gasteiger partial charge in [-0.05, 0) is 32.1 Å². The van der Waals surface area contributed by atoms with Crippen LogP contribution >= 0.6 is 0 Å². The topological polar surface area (TPSA) is 61.7 Å². The summed E-state index contributed by atoms with van der Waals surface area (Å²) < 4.78 is 5.66. The van der Waals surface area contributed by atoms with Gasteiger partial charge in [-0.2, -0.15) is 0 Å². The molecule has 0 aromatic rings. The summed E-state index contributed by atoms with van der Waals surface area (Å²) in [5, 5.41) is 22.4. The molecule has 0 radical (unpaired) electrons. The second-order valence-electron chi connectivity index (χ2n) is 5.57. The van der Waals surface area contributed by atoms with Crippen LogP contribution in [0.3, 0.4) is 0 Å². The van der Waals surface area contributed by atoms with Gasteiger partial charge in [-0.15, -0.1) is 0 Å². The molecule has 0 spiro atoms. The number of β-amino-alcohol motifs (C(OH)–C–C–N with tert-alkyl or cyclic N) is 1. The molecule has 0 saturated heterocycles. The summed E-state index contributed by atoms with van der Waals surface area (Å²) in [4.78, 5) is 0. The molecular formula is C13H25NO3. The van der Waals surface area contributed by atoms with Gasteiger partial charge >= 0.3 is 0 Å². The second-order valence-corrected chi connectivity index (χ2v) is 5.57. The van der Waals surface area contributed by atoms with Crippen molar-refractivity contribution in [2.45, 2.75) is 62.7 Å². The third-order valence-corrected chi connectivity index (χ3v) is 4.15. The van der Waals surface area contributed by atoms with Crippen molar-refractivity contribution < 1.29 is 14.9 Å². The summed E-state index contributed by atoms with van der Waals surface area (Å²) in [5.74, 6) is 0. The summed E-state index contributed by atoms with van der Waals surface area (Å²) in [7, 11) is 0. The summed E-state index contributed by atoms with van der Waals surface area (Å²) in [6, 6.07) is 0. The van der Waals surface area contributed by atoms with E-state index in [2.05, 4.69) is 5.32 Å². The van der Waals surface area contributed by atoms with Crippen molar-refractivity contribution in [3.05, 3.63) is 0 Å². The number of hydrogen-bond donors (Lipinski definition) is 3. The molecule has 2 rings (SSSR count). The Morgan fingerprint density at radius 1 is 1.24 bits per heavy atom. The van der Waals surface area contributed by atoms with Crippen molar-refractivity contribution in [3.8, 4) is 0 Å². The molecule has 2 aliphatic rings. The molecular weight excluding hydrogens is 218 g/mol. The van der Waals surface area contributed by atoms with Gasteiger partial charge in [-0.25, -0.2) is 0 Å². The van der Waals surface area contributed by atoms with Crippen molar-refractivity contribution >= 4 is 0 Å². The lowest BCUT2D eigenvalue weighted by atomic mass is 9.77. The van der Waals surface area contributed by atoms with Crippen LogP contribution in [-0.2, 0) is 4.74 Å². The Labute approximate surface area is 103 Å². The lowest BCUT2D eigenvalue weighted by Crippen LogP contribution is -2.56. The number of aliphatic hydroxyl groups excluding tert-OH is 2. The molecule has 1 unspecified atom stereocenters. The summed E-state index contributed by atoms with van der Waals surface area (Å²) >= 11 is 0. The minimum atomic E-state index is -0.459. The van der Waals surface area contributed by atoms with E-state index in [4.69, 9.17) is 4.74 Å². The lowest BCUT2D eigenvalue weighted by molar-refractivity contribution is -0.0136. The van der Waals surface area contributed by atoms with Crippen molar-refractivity contribution in [1.82, 2.24) is 5.32 Å². The zero-order valence-electron chi connectivity index (χ0n) is 10.5. The van der Waals surface area contributed by atoms with Crippen LogP contribution in [0, 0.1) is 0 Å². The van der Waals surface area contributed by atoms with Crippen LogP contribution in [0.2, 0.25) is 0 Å². The van der Waals surface area contributed by atoms with Gasteiger partial charge < -0.3 is 20.3 Å². The first-order chi connectivity index (χ1) is 8.24. The SMILES string of the molecule is OCC1(NCC(O)COC2CCCC2)CCC1. The van der Waals surface area contributed by atoms with Gasteiger partial charge in [0.15, 0.2) is 0 Å². The minimum Gasteiger partial charge on any atom is -0.394 e. The van der Waals surface area contributed by atoms with Gasteiger partial charge in [0.2, 0.25) is 0 Å². The fraction of sp³-hybridized carbons (Fsp3) is 1.00. The van der Waals surface area contributed by atoms with E-state index in [0.29, 0.717) is 19.3 Å². The third-order valence-electron chi connectivity index (χ3n) is 4.15. The Hall–Kier alpha value is -0.160. The molecule has 2 fully saturated rings. The van der Waals surface area contributed by atoms with E-state index in [0.717, 1.165) is 25.7 Å². The molecule has 1 atom stereocenters. The maximum atomic E-state index is 9.82. The minimum absolute atomic E-state index is 0.117. The Morgan fingerprint density at radius 2 is 1.94 bits per heavy atom. The average Bonchev–Trinajstić information content (AvgIpc) is 2.78. The first kappa shape index (κ1) is 13.3. The highest BCUT2D eigenvalue weighted by Gasteiger charge is 2.36. The Bertz CT molecular complexity index is 219. The summed E-state index contributed by atoms with van der Waals surface area (Å²) in [6.07, 6.45) is 7.89. The fourth-order valence-corrected chi connectivity index (χ4v) is 2.69. The molecule has 100 valence electrons. The molecule has 4 heteroatoms. The van der Waals surface area contributed by atoms with Crippen LogP contribution in [0.15, 0.2) is 0 Å². The quantitative estimate of drug-likeness (QED) is 0.619. The zero-order chi connectivity index (χ0) is 12.1. The maximum Gasteiger partial charge on any atom is 0.0898 e. The lowest BCUT2D eigenvalue weighted by Gasteiger charge is -2.41. The number of aliphatic hydroxyl groups is 2. The van der Waals surface area contributed by atoms with Crippen molar-refractivity contribution in [2.75, 3.05) is 19.8 Å². The summed E-state index contributed by atoms with van der Waals surface area (Å²) in [5.41, 5.74) is -0.117. The molecule has 2 aliphatic carbocycles. The second kappa shape index (κ2) is 6.14. The van der Waals surface area contributed by atoms with E-state index in [9.17, 15) is 10.2 Å². The molecule has 0 bridgehead atoms. The highest BCUT2D eigenvalue weighted by Crippen LogP contribution is 2.31. The molecule has 0 aromatic carbocycles. The van der Waals surface area contributed by atoms with Gasteiger partial charge in [0.1, 0.15) is 0 Å². The van der Waals surface area contributed by atoms with E-state index >= 15 is 0 Å². The molecule has 0 aromatic heterocycles. The largest absolute Gasteiger partial charge is 0.394 e. The van der Waals surface area contributed by atoms with E-state index < -0.39 is 6.10 Å². The van der Waals surface area contributed by atoms with Gasteiger partial charge in [0.05, 0.1) is 25.4 Å². The standard InChI is InChI=1S/C13H25NO3/c15-10-13(6-3-7-13)14-8-11(16)9-17-12-4-1-2-5-12/h11-12,14-16H,1-10H2. The van der Waals surface area contributed by atoms with Crippen LogP contribution in [0.1, 0.15) is 44.9 Å². The Balaban J connectivity index is 1.58. The normalized spacial score (nSPS) is 25.8. The Kier molecular flexibility index (Phi) is 4.79. The monoisotopic (exact) mass is 243 g/mol. The van der Waals surface area contributed by atoms with Crippen LogP contribution in [0.5, 0.6) is 0 Å². The van der Waals surface area contributed by atoms with E-state index in [1.165, 1.54) is 19.3 Å². The smallest absolute Gasteiger partial charge is 0.0898 e. The number of hydrogen-bond acceptors (Lipinski definition) is 4. The van der Waals surface area contributed by atoms with Crippen molar-refractivity contribution in [1.29, 1.82) is 0 Å². The number of nitrogens with one attached hydrogen (secondary N) is 1. The van der Waals surface area contributed by atoms with Crippen LogP contribution < -0.4 is 5.32 Å². The van der Waals surface area contributed by atoms with Gasteiger partial charge in [0, 0.05) is 12.1 Å². The van der Waals surface area contributed by atoms with Crippen LogP contribution in [-0.4, -0.2) is 47.7 Å². The molecule has 0 aliphatic heterocycles. The van der Waals surface area contributed by atoms with Gasteiger partial charge in [-0.1, -0.05) is 12.8 Å². The van der Waals surface area contributed by atoms with Crippen molar-refractivity contribution in [2.24, 2.45) is 0 Å². The van der Waals surface area contributed by atoms with E-state index in [1.807, 2.05) is 0 Å². The maximum absolute atomic E-state index is 9.82. The molecule has 4 nitrogen and oxygen atoms in total.